The van der Waals surface area contributed by atoms with E-state index in [2.05, 4.69) is 10.6 Å². The van der Waals surface area contributed by atoms with E-state index in [0.717, 1.165) is 4.57 Å². The van der Waals surface area contributed by atoms with Crippen LogP contribution >= 0.6 is 0 Å². The summed E-state index contributed by atoms with van der Waals surface area (Å²) in [5, 5.41) is 13.8. The van der Waals surface area contributed by atoms with Crippen molar-refractivity contribution in [1.82, 2.24) is 9.88 Å². The van der Waals surface area contributed by atoms with Gasteiger partial charge in [-0.1, -0.05) is 0 Å². The first-order valence-corrected chi connectivity index (χ1v) is 8.85. The van der Waals surface area contributed by atoms with Crippen molar-refractivity contribution < 1.29 is 27.9 Å². The quantitative estimate of drug-likeness (QED) is 0.683. The van der Waals surface area contributed by atoms with Gasteiger partial charge in [0, 0.05) is 18.9 Å². The summed E-state index contributed by atoms with van der Waals surface area (Å²) in [5.41, 5.74) is -1.34. The third-order valence-electron chi connectivity index (χ3n) is 4.52. The number of hydrogen-bond acceptors (Lipinski definition) is 3. The second kappa shape index (κ2) is 7.90. The van der Waals surface area contributed by atoms with Crippen LogP contribution in [0.3, 0.4) is 0 Å². The summed E-state index contributed by atoms with van der Waals surface area (Å²) in [4.78, 5) is 24.7. The van der Waals surface area contributed by atoms with Crippen LogP contribution in [-0.4, -0.2) is 33.6 Å². The van der Waals surface area contributed by atoms with E-state index in [-0.39, 0.29) is 11.1 Å². The number of aromatic nitrogens is 1. The van der Waals surface area contributed by atoms with Gasteiger partial charge >= 0.3 is 5.92 Å². The number of anilines is 1. The van der Waals surface area contributed by atoms with Crippen molar-refractivity contribution in [2.45, 2.75) is 39.2 Å². The van der Waals surface area contributed by atoms with Gasteiger partial charge < -0.3 is 20.3 Å². The molecule has 158 valence electrons. The van der Waals surface area contributed by atoms with Gasteiger partial charge in [0.15, 0.2) is 0 Å². The lowest BCUT2D eigenvalue weighted by Crippen LogP contribution is -2.52. The van der Waals surface area contributed by atoms with Crippen LogP contribution < -0.4 is 10.6 Å². The van der Waals surface area contributed by atoms with Crippen molar-refractivity contribution in [3.05, 3.63) is 52.6 Å². The van der Waals surface area contributed by atoms with Gasteiger partial charge in [-0.05, 0) is 57.0 Å². The molecule has 0 atom stereocenters. The highest BCUT2D eigenvalue weighted by molar-refractivity contribution is 6.05. The molecule has 0 saturated heterocycles. The fraction of sp³-hybridized carbons (Fsp3) is 0.400. The molecule has 29 heavy (non-hydrogen) atoms. The smallest absolute Gasteiger partial charge is 0.364 e. The molecule has 1 heterocycles. The van der Waals surface area contributed by atoms with Crippen molar-refractivity contribution in [3.63, 3.8) is 0 Å². The molecule has 0 radical (unpaired) electrons. The first kappa shape index (κ1) is 22.5. The lowest BCUT2D eigenvalue weighted by molar-refractivity contribution is -0.150. The molecule has 0 fully saturated rings. The molecule has 9 heteroatoms. The average Bonchev–Trinajstić information content (AvgIpc) is 2.92. The van der Waals surface area contributed by atoms with Crippen LogP contribution in [0.1, 0.15) is 41.0 Å². The highest BCUT2D eigenvalue weighted by Gasteiger charge is 2.47. The topological polar surface area (TPSA) is 83.4 Å². The second-order valence-electron chi connectivity index (χ2n) is 7.62. The normalized spacial score (nSPS) is 12.0. The van der Waals surface area contributed by atoms with Crippen LogP contribution in [0.4, 0.5) is 18.9 Å². The van der Waals surface area contributed by atoms with Gasteiger partial charge in [0.25, 0.3) is 11.8 Å². The molecule has 1 aromatic carbocycles. The second-order valence-corrected chi connectivity index (χ2v) is 7.62. The first-order valence-electron chi connectivity index (χ1n) is 8.85. The van der Waals surface area contributed by atoms with Crippen LogP contribution in [0.15, 0.2) is 24.4 Å². The number of benzene rings is 1. The lowest BCUT2D eigenvalue weighted by Gasteiger charge is -2.27. The third kappa shape index (κ3) is 4.61. The highest BCUT2D eigenvalue weighted by atomic mass is 19.3. The standard InChI is InChI=1S/C20H24F3N3O3/c1-11-8-13(6-7-15(11)21)24-17(28)14-9-26(5)16(12(14)2)20(22,23)18(29)25-19(3,4)10-27/h6-9,27H,10H2,1-5H3,(H,24,28)(H,25,29). The van der Waals surface area contributed by atoms with Gasteiger partial charge in [0.1, 0.15) is 11.5 Å². The molecule has 0 aliphatic rings. The van der Waals surface area contributed by atoms with Gasteiger partial charge in [-0.15, -0.1) is 0 Å². The molecule has 1 aromatic heterocycles. The first-order chi connectivity index (χ1) is 13.3. The van der Waals surface area contributed by atoms with Gasteiger partial charge in [-0.25, -0.2) is 4.39 Å². The molecule has 2 rings (SSSR count). The number of nitrogens with zero attached hydrogens (tertiary/aromatic N) is 1. The Morgan fingerprint density at radius 1 is 1.21 bits per heavy atom. The zero-order valence-corrected chi connectivity index (χ0v) is 16.9. The Bertz CT molecular complexity index is 952. The minimum Gasteiger partial charge on any atom is -0.394 e. The van der Waals surface area contributed by atoms with Crippen LogP contribution in [0.25, 0.3) is 0 Å². The summed E-state index contributed by atoms with van der Waals surface area (Å²) in [5.74, 6) is -6.61. The zero-order chi connectivity index (χ0) is 22.1. The predicted molar refractivity (Wildman–Crippen MR) is 102 cm³/mol. The molecule has 0 saturated carbocycles. The number of nitrogens with one attached hydrogen (secondary N) is 2. The molecule has 6 nitrogen and oxygen atoms in total. The SMILES string of the molecule is Cc1cc(NC(=O)c2cn(C)c(C(F)(F)C(=O)NC(C)(C)CO)c2C)ccc1F. The Morgan fingerprint density at radius 2 is 1.83 bits per heavy atom. The lowest BCUT2D eigenvalue weighted by atomic mass is 10.0. The molecule has 2 aromatic rings. The molecular weight excluding hydrogens is 387 g/mol. The van der Waals surface area contributed by atoms with Gasteiger partial charge in [0.2, 0.25) is 0 Å². The number of hydrogen-bond donors (Lipinski definition) is 3. The molecule has 0 unspecified atom stereocenters. The molecule has 0 spiro atoms. The Kier molecular flexibility index (Phi) is 6.13. The minimum absolute atomic E-state index is 0.0432. The average molecular weight is 411 g/mol. The van der Waals surface area contributed by atoms with E-state index >= 15 is 0 Å². The molecule has 0 aliphatic heterocycles. The van der Waals surface area contributed by atoms with E-state index < -0.39 is 41.4 Å². The number of amides is 2. The summed E-state index contributed by atoms with van der Waals surface area (Å²) in [6.45, 7) is 5.14. The Labute approximate surface area is 166 Å². The Balaban J connectivity index is 2.34. The largest absolute Gasteiger partial charge is 0.394 e. The van der Waals surface area contributed by atoms with Gasteiger partial charge in [0.05, 0.1) is 17.7 Å². The van der Waals surface area contributed by atoms with Crippen LogP contribution in [0, 0.1) is 19.7 Å². The van der Waals surface area contributed by atoms with E-state index in [1.54, 1.807) is 0 Å². The summed E-state index contributed by atoms with van der Waals surface area (Å²) >= 11 is 0. The number of aliphatic hydroxyl groups excluding tert-OH is 1. The number of rotatable bonds is 6. The number of carbonyl (C=O) groups is 2. The van der Waals surface area contributed by atoms with Gasteiger partial charge in [-0.2, -0.15) is 8.78 Å². The number of halogens is 3. The van der Waals surface area contributed by atoms with Crippen molar-refractivity contribution in [3.8, 4) is 0 Å². The molecular formula is C20H24F3N3O3. The Morgan fingerprint density at radius 3 is 2.38 bits per heavy atom. The maximum absolute atomic E-state index is 14.9. The molecule has 0 bridgehead atoms. The molecule has 0 aliphatic carbocycles. The monoisotopic (exact) mass is 411 g/mol. The fourth-order valence-corrected chi connectivity index (χ4v) is 2.89. The summed E-state index contributed by atoms with van der Waals surface area (Å²) in [6, 6.07) is 3.97. The van der Waals surface area contributed by atoms with Crippen molar-refractivity contribution >= 4 is 17.5 Å². The fourth-order valence-electron chi connectivity index (χ4n) is 2.89. The van der Waals surface area contributed by atoms with E-state index in [0.29, 0.717) is 11.3 Å². The van der Waals surface area contributed by atoms with Crippen molar-refractivity contribution in [1.29, 1.82) is 0 Å². The number of aryl methyl sites for hydroxylation is 2. The van der Waals surface area contributed by atoms with E-state index in [1.807, 2.05) is 0 Å². The number of alkyl halides is 2. The van der Waals surface area contributed by atoms with Crippen molar-refractivity contribution in [2.24, 2.45) is 7.05 Å². The van der Waals surface area contributed by atoms with E-state index in [1.165, 1.54) is 59.1 Å². The maximum atomic E-state index is 14.9. The number of carbonyl (C=O) groups excluding carboxylic acids is 2. The Hall–Kier alpha value is -2.81. The third-order valence-corrected chi connectivity index (χ3v) is 4.52. The maximum Gasteiger partial charge on any atom is 0.364 e. The van der Waals surface area contributed by atoms with Gasteiger partial charge in [-0.3, -0.25) is 9.59 Å². The van der Waals surface area contributed by atoms with Crippen LogP contribution in [0.2, 0.25) is 0 Å². The molecule has 3 N–H and O–H groups in total. The summed E-state index contributed by atoms with van der Waals surface area (Å²) < 4.78 is 44.1. The van der Waals surface area contributed by atoms with Crippen LogP contribution in [0.5, 0.6) is 0 Å². The van der Waals surface area contributed by atoms with Crippen molar-refractivity contribution in [2.75, 3.05) is 11.9 Å². The zero-order valence-electron chi connectivity index (χ0n) is 16.9. The van der Waals surface area contributed by atoms with Crippen LogP contribution in [-0.2, 0) is 17.8 Å². The summed E-state index contributed by atoms with van der Waals surface area (Å²) in [6.07, 6.45) is 1.20. The van der Waals surface area contributed by atoms with E-state index in [4.69, 9.17) is 0 Å². The molecule has 2 amide bonds. The predicted octanol–water partition coefficient (Wildman–Crippen LogP) is 3.01. The highest BCUT2D eigenvalue weighted by Crippen LogP contribution is 2.34. The number of aliphatic hydroxyl groups is 1. The summed E-state index contributed by atoms with van der Waals surface area (Å²) in [7, 11) is 1.31. The minimum atomic E-state index is -3.93. The van der Waals surface area contributed by atoms with E-state index in [9.17, 15) is 27.9 Å².